The molecule has 2 aromatic carbocycles. The van der Waals surface area contributed by atoms with Gasteiger partial charge < -0.3 is 5.11 Å². The summed E-state index contributed by atoms with van der Waals surface area (Å²) < 4.78 is 28.0. The maximum absolute atomic E-state index is 12.7. The summed E-state index contributed by atoms with van der Waals surface area (Å²) >= 11 is 0. The molecule has 0 aliphatic rings. The summed E-state index contributed by atoms with van der Waals surface area (Å²) in [4.78, 5) is 0.273. The predicted molar refractivity (Wildman–Crippen MR) is 84.8 cm³/mol. The number of benzene rings is 2. The third-order valence-electron chi connectivity index (χ3n) is 3.54. The maximum atomic E-state index is 12.7. The molecular formula is C16H21NO3S. The van der Waals surface area contributed by atoms with Crippen LogP contribution in [0.15, 0.2) is 41.3 Å². The molecule has 0 spiro atoms. The summed E-state index contributed by atoms with van der Waals surface area (Å²) in [5.41, 5.74) is 0.346. The Labute approximate surface area is 125 Å². The third-order valence-corrected chi connectivity index (χ3v) is 5.30. The number of hydrogen-bond donors (Lipinski definition) is 2. The van der Waals surface area contributed by atoms with Crippen LogP contribution in [0, 0.1) is 6.92 Å². The topological polar surface area (TPSA) is 66.4 Å². The summed E-state index contributed by atoms with van der Waals surface area (Å²) in [6.07, 6.45) is 0.357. The number of nitrogens with one attached hydrogen (secondary N) is 1. The highest BCUT2D eigenvalue weighted by atomic mass is 32.2. The zero-order valence-corrected chi connectivity index (χ0v) is 13.4. The van der Waals surface area contributed by atoms with Crippen molar-refractivity contribution in [1.82, 2.24) is 4.72 Å². The minimum Gasteiger partial charge on any atom is -0.396 e. The van der Waals surface area contributed by atoms with Crippen molar-refractivity contribution in [3.05, 3.63) is 42.0 Å². The van der Waals surface area contributed by atoms with Gasteiger partial charge in [0.25, 0.3) is 0 Å². The minimum absolute atomic E-state index is 0.0653. The lowest BCUT2D eigenvalue weighted by molar-refractivity contribution is 0.246. The lowest BCUT2D eigenvalue weighted by Crippen LogP contribution is -2.43. The van der Waals surface area contributed by atoms with Crippen LogP contribution in [0.5, 0.6) is 0 Å². The quantitative estimate of drug-likeness (QED) is 0.892. The van der Waals surface area contributed by atoms with Gasteiger partial charge in [-0.15, -0.1) is 0 Å². The van der Waals surface area contributed by atoms with Crippen molar-refractivity contribution >= 4 is 20.8 Å². The van der Waals surface area contributed by atoms with Gasteiger partial charge in [-0.3, -0.25) is 0 Å². The van der Waals surface area contributed by atoms with E-state index in [1.165, 1.54) is 0 Å². The first kappa shape index (κ1) is 15.9. The minimum atomic E-state index is -3.64. The van der Waals surface area contributed by atoms with Gasteiger partial charge in [-0.05, 0) is 44.2 Å². The first-order chi connectivity index (χ1) is 9.77. The lowest BCUT2D eigenvalue weighted by Gasteiger charge is -2.25. The van der Waals surface area contributed by atoms with Crippen molar-refractivity contribution in [2.24, 2.45) is 0 Å². The average molecular weight is 307 g/mol. The van der Waals surface area contributed by atoms with Crippen molar-refractivity contribution in [2.75, 3.05) is 6.61 Å². The van der Waals surface area contributed by atoms with Crippen molar-refractivity contribution in [3.8, 4) is 0 Å². The lowest BCUT2D eigenvalue weighted by atomic mass is 10.0. The Hall–Kier alpha value is -1.43. The molecule has 0 aliphatic heterocycles. The van der Waals surface area contributed by atoms with E-state index in [0.717, 1.165) is 10.9 Å². The molecule has 2 N–H and O–H groups in total. The van der Waals surface area contributed by atoms with Crippen LogP contribution in [-0.2, 0) is 10.0 Å². The fraction of sp³-hybridized carbons (Fsp3) is 0.375. The summed E-state index contributed by atoms with van der Waals surface area (Å²) in [7, 11) is -3.64. The molecule has 5 heteroatoms. The van der Waals surface area contributed by atoms with Crippen LogP contribution < -0.4 is 4.72 Å². The molecule has 0 atom stereocenters. The number of aryl methyl sites for hydroxylation is 1. The highest BCUT2D eigenvalue weighted by Crippen LogP contribution is 2.26. The highest BCUT2D eigenvalue weighted by molar-refractivity contribution is 7.89. The normalized spacial score (nSPS) is 12.8. The second kappa shape index (κ2) is 5.75. The summed E-state index contributed by atoms with van der Waals surface area (Å²) in [5.74, 6) is 0. The Morgan fingerprint density at radius 1 is 1.10 bits per heavy atom. The zero-order chi connectivity index (χ0) is 15.7. The van der Waals surface area contributed by atoms with Crippen molar-refractivity contribution < 1.29 is 13.5 Å². The van der Waals surface area contributed by atoms with Crippen LogP contribution in [0.1, 0.15) is 25.8 Å². The second-order valence-electron chi connectivity index (χ2n) is 5.89. The Morgan fingerprint density at radius 3 is 2.33 bits per heavy atom. The van der Waals surface area contributed by atoms with Crippen LogP contribution in [0.25, 0.3) is 10.8 Å². The molecule has 0 bridgehead atoms. The fourth-order valence-electron chi connectivity index (χ4n) is 2.41. The van der Waals surface area contributed by atoms with Gasteiger partial charge in [0.2, 0.25) is 10.0 Å². The number of fused-ring (bicyclic) bond motifs is 1. The second-order valence-corrected chi connectivity index (χ2v) is 7.54. The van der Waals surface area contributed by atoms with Gasteiger partial charge in [-0.25, -0.2) is 13.1 Å². The molecule has 2 aromatic rings. The Balaban J connectivity index is 2.54. The molecule has 0 saturated carbocycles. The summed E-state index contributed by atoms with van der Waals surface area (Å²) in [5, 5.41) is 10.7. The Bertz CT molecular complexity index is 751. The molecule has 21 heavy (non-hydrogen) atoms. The first-order valence-corrected chi connectivity index (χ1v) is 8.38. The molecule has 0 amide bonds. The van der Waals surface area contributed by atoms with Crippen LogP contribution in [0.3, 0.4) is 0 Å². The molecule has 0 fully saturated rings. The van der Waals surface area contributed by atoms with Gasteiger partial charge in [-0.1, -0.05) is 30.3 Å². The number of aliphatic hydroxyl groups excluding tert-OH is 1. The van der Waals surface area contributed by atoms with E-state index in [1.807, 2.05) is 37.3 Å². The molecule has 4 nitrogen and oxygen atoms in total. The number of sulfonamides is 1. The van der Waals surface area contributed by atoms with Crippen molar-refractivity contribution in [3.63, 3.8) is 0 Å². The number of aliphatic hydroxyl groups is 1. The van der Waals surface area contributed by atoms with Gasteiger partial charge in [0.15, 0.2) is 0 Å². The molecule has 0 saturated heterocycles. The van der Waals surface area contributed by atoms with Crippen LogP contribution in [0.2, 0.25) is 0 Å². The molecule has 0 radical (unpaired) electrons. The molecule has 2 rings (SSSR count). The largest absolute Gasteiger partial charge is 0.396 e. The molecule has 0 aromatic heterocycles. The molecule has 0 heterocycles. The molecular weight excluding hydrogens is 286 g/mol. The predicted octanol–water partition coefficient (Wildman–Crippen LogP) is 2.59. The van der Waals surface area contributed by atoms with Gasteiger partial charge in [0.05, 0.1) is 4.90 Å². The van der Waals surface area contributed by atoms with E-state index in [9.17, 15) is 8.42 Å². The Kier molecular flexibility index (Phi) is 4.37. The van der Waals surface area contributed by atoms with E-state index < -0.39 is 15.6 Å². The van der Waals surface area contributed by atoms with E-state index in [1.54, 1.807) is 19.9 Å². The SMILES string of the molecule is Cc1ccc(S(=O)(=O)NC(C)(C)CCO)c2ccccc12. The number of rotatable bonds is 5. The van der Waals surface area contributed by atoms with Crippen LogP contribution in [-0.4, -0.2) is 25.7 Å². The Morgan fingerprint density at radius 2 is 1.71 bits per heavy atom. The summed E-state index contributed by atoms with van der Waals surface area (Å²) in [6, 6.07) is 10.9. The van der Waals surface area contributed by atoms with Gasteiger partial charge >= 0.3 is 0 Å². The van der Waals surface area contributed by atoms with Gasteiger partial charge in [0.1, 0.15) is 0 Å². The zero-order valence-electron chi connectivity index (χ0n) is 12.6. The van der Waals surface area contributed by atoms with Gasteiger partial charge in [0, 0.05) is 17.5 Å². The van der Waals surface area contributed by atoms with E-state index in [2.05, 4.69) is 4.72 Å². The molecule has 0 unspecified atom stereocenters. The number of hydrogen-bond acceptors (Lipinski definition) is 3. The standard InChI is InChI=1S/C16H21NO3S/c1-12-8-9-15(14-7-5-4-6-13(12)14)21(19,20)17-16(2,3)10-11-18/h4-9,17-18H,10-11H2,1-3H3. The third kappa shape index (κ3) is 3.43. The van der Waals surface area contributed by atoms with E-state index in [0.29, 0.717) is 11.8 Å². The van der Waals surface area contributed by atoms with E-state index in [-0.39, 0.29) is 11.5 Å². The average Bonchev–Trinajstić information content (AvgIpc) is 2.37. The highest BCUT2D eigenvalue weighted by Gasteiger charge is 2.27. The van der Waals surface area contributed by atoms with E-state index >= 15 is 0 Å². The smallest absolute Gasteiger partial charge is 0.241 e. The molecule has 114 valence electrons. The van der Waals surface area contributed by atoms with Gasteiger partial charge in [-0.2, -0.15) is 0 Å². The maximum Gasteiger partial charge on any atom is 0.241 e. The van der Waals surface area contributed by atoms with Crippen LogP contribution in [0.4, 0.5) is 0 Å². The van der Waals surface area contributed by atoms with E-state index in [4.69, 9.17) is 5.11 Å². The monoisotopic (exact) mass is 307 g/mol. The van der Waals surface area contributed by atoms with Crippen molar-refractivity contribution in [2.45, 2.75) is 37.6 Å². The van der Waals surface area contributed by atoms with Crippen molar-refractivity contribution in [1.29, 1.82) is 0 Å². The van der Waals surface area contributed by atoms with Crippen LogP contribution >= 0.6 is 0 Å². The first-order valence-electron chi connectivity index (χ1n) is 6.90. The summed E-state index contributed by atoms with van der Waals surface area (Å²) in [6.45, 7) is 5.42. The molecule has 0 aliphatic carbocycles. The fourth-order valence-corrected chi connectivity index (χ4v) is 4.06.